The second kappa shape index (κ2) is 8.37. The smallest absolute Gasteiger partial charge is 0.341 e. The van der Waals surface area contributed by atoms with E-state index >= 15 is 0 Å². The van der Waals surface area contributed by atoms with Gasteiger partial charge in [0.15, 0.2) is 0 Å². The normalized spacial score (nSPS) is 10.5. The van der Waals surface area contributed by atoms with Gasteiger partial charge in [0.1, 0.15) is 16.3 Å². The Morgan fingerprint density at radius 2 is 1.89 bits per heavy atom. The Balaban J connectivity index is 2.05. The standard InChI is InChI=1S/C20H19NO4S2/c1-4-25-20(23)17-16(13-7-9-14(24-3)10-8-13)12(2)27-19(17)21-18(22)15-6-5-11-26-15/h5-11H,4H2,1-3H3,(H,21,22). The van der Waals surface area contributed by atoms with Crippen LogP contribution in [0.3, 0.4) is 0 Å². The Labute approximate surface area is 165 Å². The molecule has 0 saturated carbocycles. The number of aryl methyl sites for hydroxylation is 1. The summed E-state index contributed by atoms with van der Waals surface area (Å²) in [4.78, 5) is 26.7. The number of methoxy groups -OCH3 is 1. The number of amides is 1. The van der Waals surface area contributed by atoms with Crippen molar-refractivity contribution in [3.05, 3.63) is 57.1 Å². The van der Waals surface area contributed by atoms with Crippen LogP contribution in [0, 0.1) is 6.92 Å². The fourth-order valence-electron chi connectivity index (χ4n) is 2.71. The van der Waals surface area contributed by atoms with Gasteiger partial charge in [-0.1, -0.05) is 18.2 Å². The minimum absolute atomic E-state index is 0.238. The molecule has 0 fully saturated rings. The van der Waals surface area contributed by atoms with Crippen LogP contribution in [-0.2, 0) is 4.74 Å². The molecular formula is C20H19NO4S2. The Morgan fingerprint density at radius 1 is 1.15 bits per heavy atom. The predicted molar refractivity (Wildman–Crippen MR) is 109 cm³/mol. The molecule has 0 aliphatic carbocycles. The van der Waals surface area contributed by atoms with Crippen molar-refractivity contribution in [2.24, 2.45) is 0 Å². The molecule has 2 heterocycles. The van der Waals surface area contributed by atoms with Crippen LogP contribution in [0.2, 0.25) is 0 Å². The van der Waals surface area contributed by atoms with Gasteiger partial charge in [-0.3, -0.25) is 4.79 Å². The van der Waals surface area contributed by atoms with Gasteiger partial charge in [0, 0.05) is 10.4 Å². The lowest BCUT2D eigenvalue weighted by Gasteiger charge is -2.09. The summed E-state index contributed by atoms with van der Waals surface area (Å²) in [5, 5.41) is 5.20. The number of rotatable bonds is 6. The molecule has 1 amide bonds. The molecule has 0 spiro atoms. The van der Waals surface area contributed by atoms with E-state index < -0.39 is 5.97 Å². The SMILES string of the molecule is CCOC(=O)c1c(NC(=O)c2cccs2)sc(C)c1-c1ccc(OC)cc1. The zero-order valence-electron chi connectivity index (χ0n) is 15.2. The van der Waals surface area contributed by atoms with Crippen LogP contribution in [-0.4, -0.2) is 25.6 Å². The molecule has 3 rings (SSSR count). The zero-order valence-corrected chi connectivity index (χ0v) is 16.8. The highest BCUT2D eigenvalue weighted by molar-refractivity contribution is 7.17. The van der Waals surface area contributed by atoms with E-state index in [0.717, 1.165) is 21.8 Å². The summed E-state index contributed by atoms with van der Waals surface area (Å²) in [6.45, 7) is 3.94. The molecule has 140 valence electrons. The van der Waals surface area contributed by atoms with Gasteiger partial charge in [-0.2, -0.15) is 0 Å². The third kappa shape index (κ3) is 4.04. The van der Waals surface area contributed by atoms with Crippen LogP contribution in [0.5, 0.6) is 5.75 Å². The first kappa shape index (κ1) is 19.1. The molecule has 1 N–H and O–H groups in total. The summed E-state index contributed by atoms with van der Waals surface area (Å²) in [5.41, 5.74) is 2.02. The van der Waals surface area contributed by atoms with Gasteiger partial charge in [0.05, 0.1) is 18.6 Å². The van der Waals surface area contributed by atoms with Crippen LogP contribution in [0.4, 0.5) is 5.00 Å². The molecule has 2 aromatic heterocycles. The highest BCUT2D eigenvalue weighted by atomic mass is 32.1. The van der Waals surface area contributed by atoms with Gasteiger partial charge in [0.2, 0.25) is 0 Å². The van der Waals surface area contributed by atoms with Crippen LogP contribution in [0.25, 0.3) is 11.1 Å². The number of nitrogens with one attached hydrogen (secondary N) is 1. The van der Waals surface area contributed by atoms with Crippen molar-refractivity contribution in [2.45, 2.75) is 13.8 Å². The van der Waals surface area contributed by atoms with Crippen LogP contribution >= 0.6 is 22.7 Å². The molecule has 0 aliphatic rings. The van der Waals surface area contributed by atoms with Gasteiger partial charge >= 0.3 is 5.97 Å². The van der Waals surface area contributed by atoms with Crippen LogP contribution in [0.15, 0.2) is 41.8 Å². The van der Waals surface area contributed by atoms with Gasteiger partial charge in [-0.15, -0.1) is 22.7 Å². The average molecular weight is 402 g/mol. The van der Waals surface area contributed by atoms with E-state index in [1.807, 2.05) is 42.6 Å². The summed E-state index contributed by atoms with van der Waals surface area (Å²) in [6.07, 6.45) is 0. The number of hydrogen-bond acceptors (Lipinski definition) is 6. The van der Waals surface area contributed by atoms with Gasteiger partial charge in [-0.05, 0) is 43.0 Å². The molecule has 3 aromatic rings. The van der Waals surface area contributed by atoms with Crippen LogP contribution in [0.1, 0.15) is 31.8 Å². The molecule has 0 saturated heterocycles. The first-order chi connectivity index (χ1) is 13.0. The van der Waals surface area contributed by atoms with Crippen molar-refractivity contribution >= 4 is 39.6 Å². The lowest BCUT2D eigenvalue weighted by atomic mass is 10.0. The molecule has 0 radical (unpaired) electrons. The van der Waals surface area contributed by atoms with E-state index in [9.17, 15) is 9.59 Å². The number of benzene rings is 1. The molecule has 0 aliphatic heterocycles. The molecule has 5 nitrogen and oxygen atoms in total. The lowest BCUT2D eigenvalue weighted by Crippen LogP contribution is -2.13. The lowest BCUT2D eigenvalue weighted by molar-refractivity contribution is 0.0529. The topological polar surface area (TPSA) is 64.6 Å². The highest BCUT2D eigenvalue weighted by Gasteiger charge is 2.26. The molecule has 0 unspecified atom stereocenters. The molecule has 0 bridgehead atoms. The summed E-state index contributed by atoms with van der Waals surface area (Å²) < 4.78 is 10.5. The van der Waals surface area contributed by atoms with Crippen molar-refractivity contribution in [2.75, 3.05) is 19.0 Å². The van der Waals surface area contributed by atoms with E-state index in [4.69, 9.17) is 9.47 Å². The van der Waals surface area contributed by atoms with Gasteiger partial charge in [0.25, 0.3) is 5.91 Å². The fourth-order valence-corrected chi connectivity index (χ4v) is 4.39. The summed E-state index contributed by atoms with van der Waals surface area (Å²) in [7, 11) is 1.60. The summed E-state index contributed by atoms with van der Waals surface area (Å²) in [6, 6.07) is 11.0. The number of anilines is 1. The Bertz CT molecular complexity index is 943. The van der Waals surface area contributed by atoms with Gasteiger partial charge < -0.3 is 14.8 Å². The quantitative estimate of drug-likeness (QED) is 0.575. The van der Waals surface area contributed by atoms with E-state index in [-0.39, 0.29) is 12.5 Å². The van der Waals surface area contributed by atoms with Crippen molar-refractivity contribution in [1.29, 1.82) is 0 Å². The first-order valence-corrected chi connectivity index (χ1v) is 10.0. The Morgan fingerprint density at radius 3 is 2.48 bits per heavy atom. The largest absolute Gasteiger partial charge is 0.497 e. The number of carbonyl (C=O) groups excluding carboxylic acids is 2. The summed E-state index contributed by atoms with van der Waals surface area (Å²) in [5.74, 6) is 0.0442. The minimum atomic E-state index is -0.450. The van der Waals surface area contributed by atoms with E-state index in [1.165, 1.54) is 22.7 Å². The monoisotopic (exact) mass is 401 g/mol. The molecule has 0 atom stereocenters. The number of thiophene rings is 2. The van der Waals surface area contributed by atoms with E-state index in [1.54, 1.807) is 20.1 Å². The predicted octanol–water partition coefficient (Wildman–Crippen LogP) is 5.22. The number of carbonyl (C=O) groups is 2. The first-order valence-electron chi connectivity index (χ1n) is 8.35. The molecule has 7 heteroatoms. The maximum atomic E-state index is 12.7. The summed E-state index contributed by atoms with van der Waals surface area (Å²) >= 11 is 2.71. The van der Waals surface area contributed by atoms with Gasteiger partial charge in [-0.25, -0.2) is 4.79 Å². The average Bonchev–Trinajstić information content (AvgIpc) is 3.30. The van der Waals surface area contributed by atoms with Crippen molar-refractivity contribution in [3.8, 4) is 16.9 Å². The third-order valence-corrected chi connectivity index (χ3v) is 5.80. The maximum Gasteiger partial charge on any atom is 0.341 e. The zero-order chi connectivity index (χ0) is 19.4. The second-order valence-corrected chi connectivity index (χ2v) is 7.79. The Kier molecular flexibility index (Phi) is 5.93. The maximum absolute atomic E-state index is 12.7. The van der Waals surface area contributed by atoms with Crippen molar-refractivity contribution < 1.29 is 19.1 Å². The molecule has 1 aromatic carbocycles. The number of hydrogen-bond donors (Lipinski definition) is 1. The number of ether oxygens (including phenoxy) is 2. The van der Waals surface area contributed by atoms with Crippen molar-refractivity contribution in [1.82, 2.24) is 0 Å². The second-order valence-electron chi connectivity index (χ2n) is 5.62. The highest BCUT2D eigenvalue weighted by Crippen LogP contribution is 2.41. The third-order valence-electron chi connectivity index (χ3n) is 3.91. The fraction of sp³-hybridized carbons (Fsp3) is 0.200. The van der Waals surface area contributed by atoms with Crippen molar-refractivity contribution in [3.63, 3.8) is 0 Å². The van der Waals surface area contributed by atoms with Crippen LogP contribution < -0.4 is 10.1 Å². The Hall–Kier alpha value is -2.64. The molecular weight excluding hydrogens is 382 g/mol. The number of esters is 1. The molecule has 27 heavy (non-hydrogen) atoms. The van der Waals surface area contributed by atoms with E-state index in [2.05, 4.69) is 5.32 Å². The van der Waals surface area contributed by atoms with E-state index in [0.29, 0.717) is 15.4 Å². The minimum Gasteiger partial charge on any atom is -0.497 e.